The van der Waals surface area contributed by atoms with E-state index in [4.69, 9.17) is 16.3 Å². The van der Waals surface area contributed by atoms with Crippen molar-refractivity contribution in [2.75, 3.05) is 6.61 Å². The summed E-state index contributed by atoms with van der Waals surface area (Å²) in [5, 5.41) is 13.8. The van der Waals surface area contributed by atoms with Gasteiger partial charge in [0.05, 0.1) is 24.2 Å². The van der Waals surface area contributed by atoms with Crippen LogP contribution >= 0.6 is 27.5 Å². The van der Waals surface area contributed by atoms with Crippen LogP contribution in [0.5, 0.6) is 5.75 Å². The van der Waals surface area contributed by atoms with Crippen molar-refractivity contribution in [3.8, 4) is 5.75 Å². The molecule has 0 bridgehead atoms. The molecule has 0 spiro atoms. The van der Waals surface area contributed by atoms with Crippen molar-refractivity contribution >= 4 is 45.0 Å². The molecule has 1 aliphatic rings. The van der Waals surface area contributed by atoms with Crippen LogP contribution in [-0.2, 0) is 16.1 Å². The van der Waals surface area contributed by atoms with E-state index in [0.29, 0.717) is 17.9 Å². The molecular weight excluding hydrogens is 508 g/mol. The van der Waals surface area contributed by atoms with E-state index in [0.717, 1.165) is 10.0 Å². The van der Waals surface area contributed by atoms with Crippen LogP contribution in [0.25, 0.3) is 5.76 Å². The number of likely N-dealkylation sites (tertiary alicyclic amines) is 1. The maximum absolute atomic E-state index is 13.5. The number of ketones is 1. The second-order valence-electron chi connectivity index (χ2n) is 7.45. The van der Waals surface area contributed by atoms with E-state index in [-0.39, 0.29) is 22.7 Å². The van der Waals surface area contributed by atoms with Crippen LogP contribution in [0.3, 0.4) is 0 Å². The number of nitrogens with one attached hydrogen (secondary N) is 1. The van der Waals surface area contributed by atoms with Crippen LogP contribution in [0.15, 0.2) is 77.0 Å². The van der Waals surface area contributed by atoms with Gasteiger partial charge in [-0.2, -0.15) is 0 Å². The minimum absolute atomic E-state index is 0.0989. The number of amides is 1. The van der Waals surface area contributed by atoms with E-state index < -0.39 is 23.5 Å². The fourth-order valence-electron chi connectivity index (χ4n) is 3.85. The summed E-state index contributed by atoms with van der Waals surface area (Å²) in [6.45, 7) is 2.42. The predicted molar refractivity (Wildman–Crippen MR) is 125 cm³/mol. The molecule has 0 saturated carbocycles. The first kappa shape index (κ1) is 23.0. The van der Waals surface area contributed by atoms with Crippen LogP contribution in [-0.4, -0.2) is 23.2 Å². The quantitative estimate of drug-likeness (QED) is 0.278. The Kier molecular flexibility index (Phi) is 6.81. The van der Waals surface area contributed by atoms with Crippen molar-refractivity contribution in [3.63, 3.8) is 0 Å². The first-order valence-electron chi connectivity index (χ1n) is 10.3. The number of pyridine rings is 1. The Morgan fingerprint density at radius 2 is 2.00 bits per heavy atom. The maximum atomic E-state index is 13.5. The molecule has 0 radical (unpaired) electrons. The number of hydrogen-bond acceptors (Lipinski definition) is 4. The lowest BCUT2D eigenvalue weighted by Crippen LogP contribution is -2.29. The van der Waals surface area contributed by atoms with Gasteiger partial charge in [-0.05, 0) is 48.4 Å². The molecule has 1 fully saturated rings. The summed E-state index contributed by atoms with van der Waals surface area (Å²) in [5.74, 6) is -1.62. The van der Waals surface area contributed by atoms with E-state index in [2.05, 4.69) is 20.9 Å². The lowest BCUT2D eigenvalue weighted by molar-refractivity contribution is -0.378. The maximum Gasteiger partial charge on any atom is 0.295 e. The summed E-state index contributed by atoms with van der Waals surface area (Å²) in [6.07, 6.45) is 3.50. The highest BCUT2D eigenvalue weighted by Crippen LogP contribution is 2.40. The number of Topliss-reactive ketones (excluding diaryl/α,β-unsaturated/α-hetero) is 1. The highest BCUT2D eigenvalue weighted by Gasteiger charge is 2.44. The number of aromatic amines is 1. The van der Waals surface area contributed by atoms with Gasteiger partial charge < -0.3 is 14.7 Å². The number of nitrogens with zero attached hydrogens (tertiary/aromatic N) is 1. The van der Waals surface area contributed by atoms with Crippen LogP contribution < -0.4 is 14.8 Å². The van der Waals surface area contributed by atoms with Crippen molar-refractivity contribution in [2.24, 2.45) is 0 Å². The van der Waals surface area contributed by atoms with E-state index in [1.165, 1.54) is 11.0 Å². The second kappa shape index (κ2) is 9.77. The van der Waals surface area contributed by atoms with Crippen molar-refractivity contribution in [1.82, 2.24) is 4.90 Å². The number of carbonyl (C=O) groups excluding carboxylic acids is 2. The van der Waals surface area contributed by atoms with Gasteiger partial charge in [0.2, 0.25) is 5.78 Å². The van der Waals surface area contributed by atoms with E-state index in [1.54, 1.807) is 42.7 Å². The molecule has 6 nitrogen and oxygen atoms in total. The van der Waals surface area contributed by atoms with Gasteiger partial charge in [-0.25, -0.2) is 4.98 Å². The van der Waals surface area contributed by atoms with Gasteiger partial charge in [0.25, 0.3) is 5.91 Å². The van der Waals surface area contributed by atoms with Crippen molar-refractivity contribution in [3.05, 3.63) is 98.7 Å². The highest BCUT2D eigenvalue weighted by atomic mass is 79.9. The largest absolute Gasteiger partial charge is 0.872 e. The number of H-pyrrole nitrogens is 1. The van der Waals surface area contributed by atoms with Gasteiger partial charge in [0, 0.05) is 21.7 Å². The van der Waals surface area contributed by atoms with E-state index >= 15 is 0 Å². The number of halogens is 2. The Labute approximate surface area is 204 Å². The van der Waals surface area contributed by atoms with Crippen LogP contribution in [0.1, 0.15) is 29.7 Å². The third kappa shape index (κ3) is 4.65. The van der Waals surface area contributed by atoms with Gasteiger partial charge in [0.15, 0.2) is 12.4 Å². The van der Waals surface area contributed by atoms with Gasteiger partial charge in [-0.15, -0.1) is 0 Å². The van der Waals surface area contributed by atoms with Crippen molar-refractivity contribution in [2.45, 2.75) is 19.5 Å². The zero-order chi connectivity index (χ0) is 23.5. The standard InChI is InChI=1S/C25H20BrClN2O4/c1-2-33-20-9-8-17(12-19(20)27)23(30)21-22(16-6-3-7-18(26)11-16)29(25(32)24(21)31)14-15-5-4-10-28-13-15/h3-13,22,30H,2,14H2,1H3/b23-21+. The smallest absolute Gasteiger partial charge is 0.295 e. The number of ether oxygens (including phenoxy) is 1. The molecule has 1 unspecified atom stereocenters. The Bertz CT molecular complexity index is 1250. The molecule has 1 atom stereocenters. The summed E-state index contributed by atoms with van der Waals surface area (Å²) in [6, 6.07) is 14.7. The summed E-state index contributed by atoms with van der Waals surface area (Å²) < 4.78 is 6.21. The number of carbonyl (C=O) groups is 2. The minimum Gasteiger partial charge on any atom is -0.872 e. The van der Waals surface area contributed by atoms with Crippen molar-refractivity contribution < 1.29 is 24.4 Å². The molecule has 1 saturated heterocycles. The van der Waals surface area contributed by atoms with Crippen molar-refractivity contribution in [1.29, 1.82) is 0 Å². The Balaban J connectivity index is 1.85. The average Bonchev–Trinajstić information content (AvgIpc) is 3.05. The Morgan fingerprint density at radius 3 is 2.67 bits per heavy atom. The lowest BCUT2D eigenvalue weighted by atomic mass is 9.95. The highest BCUT2D eigenvalue weighted by molar-refractivity contribution is 9.10. The van der Waals surface area contributed by atoms with Gasteiger partial charge >= 0.3 is 0 Å². The number of aromatic nitrogens is 1. The molecule has 1 aliphatic heterocycles. The third-order valence-electron chi connectivity index (χ3n) is 5.31. The molecule has 1 amide bonds. The number of rotatable bonds is 6. The van der Waals surface area contributed by atoms with E-state index in [1.807, 2.05) is 25.1 Å². The van der Waals surface area contributed by atoms with Gasteiger partial charge in [-0.1, -0.05) is 51.5 Å². The average molecular weight is 528 g/mol. The fourth-order valence-corrected chi connectivity index (χ4v) is 4.50. The normalized spacial score (nSPS) is 17.4. The van der Waals surface area contributed by atoms with Gasteiger partial charge in [0.1, 0.15) is 5.75 Å². The molecule has 8 heteroatoms. The van der Waals surface area contributed by atoms with Crippen LogP contribution in [0.2, 0.25) is 5.02 Å². The summed E-state index contributed by atoms with van der Waals surface area (Å²) in [4.78, 5) is 30.6. The van der Waals surface area contributed by atoms with Gasteiger partial charge in [-0.3, -0.25) is 9.59 Å². The molecule has 3 aromatic rings. The topological polar surface area (TPSA) is 83.8 Å². The fraction of sp³-hybridized carbons (Fsp3) is 0.160. The van der Waals surface area contributed by atoms with E-state index in [9.17, 15) is 14.7 Å². The van der Waals surface area contributed by atoms with Crippen LogP contribution in [0.4, 0.5) is 0 Å². The SMILES string of the molecule is CCOc1ccc(/C([O-])=C2\C(=O)C(=O)N(Cc3ccc[nH+]c3)C2c2cccc(Br)c2)cc1Cl. The number of benzene rings is 2. The third-order valence-corrected chi connectivity index (χ3v) is 6.10. The molecule has 0 aliphatic carbocycles. The summed E-state index contributed by atoms with van der Waals surface area (Å²) in [7, 11) is 0. The molecule has 168 valence electrons. The summed E-state index contributed by atoms with van der Waals surface area (Å²) in [5.41, 5.74) is 1.58. The molecule has 2 aromatic carbocycles. The molecule has 1 aromatic heterocycles. The zero-order valence-corrected chi connectivity index (χ0v) is 20.0. The second-order valence-corrected chi connectivity index (χ2v) is 8.78. The first-order valence-corrected chi connectivity index (χ1v) is 11.5. The Hall–Kier alpha value is -3.16. The molecule has 2 heterocycles. The monoisotopic (exact) mass is 526 g/mol. The first-order chi connectivity index (χ1) is 15.9. The Morgan fingerprint density at radius 1 is 1.18 bits per heavy atom. The predicted octanol–water partition coefficient (Wildman–Crippen LogP) is 3.74. The molecular formula is C25H20BrClN2O4. The minimum atomic E-state index is -0.833. The molecule has 4 rings (SSSR count). The van der Waals surface area contributed by atoms with Crippen LogP contribution in [0, 0.1) is 0 Å². The molecule has 1 N–H and O–H groups in total. The number of hydrogen-bond donors (Lipinski definition) is 0. The summed E-state index contributed by atoms with van der Waals surface area (Å²) >= 11 is 9.72. The molecule has 33 heavy (non-hydrogen) atoms. The lowest BCUT2D eigenvalue weighted by Gasteiger charge is -2.27. The zero-order valence-electron chi connectivity index (χ0n) is 17.7.